The Kier molecular flexibility index (Phi) is 4.59. The van der Waals surface area contributed by atoms with Crippen molar-refractivity contribution in [1.29, 1.82) is 0 Å². The number of nitrogens with one attached hydrogen (secondary N) is 2. The van der Waals surface area contributed by atoms with E-state index in [4.69, 9.17) is 4.74 Å². The van der Waals surface area contributed by atoms with Gasteiger partial charge in [0, 0.05) is 19.7 Å². The number of carbonyl (C=O) groups excluding carboxylic acids is 1. The summed E-state index contributed by atoms with van der Waals surface area (Å²) in [6, 6.07) is -0.529. The summed E-state index contributed by atoms with van der Waals surface area (Å²) in [5.41, 5.74) is -0.334. The smallest absolute Gasteiger partial charge is 0.373 e. The number of hydrogen-bond acceptors (Lipinski definition) is 3. The van der Waals surface area contributed by atoms with Crippen LogP contribution < -0.4 is 10.6 Å². The standard InChI is InChI=1S/C13H21F3N2O2/c1-12(5-2-6-20-12)8-18-11(19)10-4-3-9(7-17-10)13(14,15)16/h9-10,17H,2-8H2,1H3,(H,18,19). The van der Waals surface area contributed by atoms with Crippen LogP contribution in [0, 0.1) is 5.92 Å². The van der Waals surface area contributed by atoms with Gasteiger partial charge in [-0.1, -0.05) is 0 Å². The fraction of sp³-hybridized carbons (Fsp3) is 0.923. The monoisotopic (exact) mass is 294 g/mol. The third kappa shape index (κ3) is 3.85. The molecule has 0 bridgehead atoms. The van der Waals surface area contributed by atoms with Gasteiger partial charge in [0.1, 0.15) is 0 Å². The Bertz CT molecular complexity index is 346. The van der Waals surface area contributed by atoms with Crippen molar-refractivity contribution in [2.24, 2.45) is 5.92 Å². The van der Waals surface area contributed by atoms with E-state index >= 15 is 0 Å². The maximum atomic E-state index is 12.5. The Morgan fingerprint density at radius 3 is 2.70 bits per heavy atom. The second-order valence-corrected chi connectivity index (χ2v) is 5.90. The minimum Gasteiger partial charge on any atom is -0.373 e. The van der Waals surface area contributed by atoms with E-state index in [0.29, 0.717) is 13.2 Å². The summed E-state index contributed by atoms with van der Waals surface area (Å²) in [6.07, 6.45) is -2.10. The average Bonchev–Trinajstić information content (AvgIpc) is 2.83. The number of rotatable bonds is 3. The zero-order chi connectivity index (χ0) is 14.8. The lowest BCUT2D eigenvalue weighted by molar-refractivity contribution is -0.180. The molecule has 3 unspecified atom stereocenters. The van der Waals surface area contributed by atoms with Crippen molar-refractivity contribution in [1.82, 2.24) is 10.6 Å². The van der Waals surface area contributed by atoms with Crippen molar-refractivity contribution in [3.8, 4) is 0 Å². The second kappa shape index (κ2) is 5.89. The van der Waals surface area contributed by atoms with E-state index in [9.17, 15) is 18.0 Å². The highest BCUT2D eigenvalue weighted by Crippen LogP contribution is 2.32. The molecule has 2 aliphatic rings. The molecule has 2 N–H and O–H groups in total. The molecule has 2 fully saturated rings. The van der Waals surface area contributed by atoms with Gasteiger partial charge in [0.05, 0.1) is 17.6 Å². The number of hydrogen-bond donors (Lipinski definition) is 2. The maximum absolute atomic E-state index is 12.5. The summed E-state index contributed by atoms with van der Waals surface area (Å²) in [6.45, 7) is 2.86. The van der Waals surface area contributed by atoms with Gasteiger partial charge in [0.15, 0.2) is 0 Å². The zero-order valence-electron chi connectivity index (χ0n) is 11.6. The Balaban J connectivity index is 1.75. The quantitative estimate of drug-likeness (QED) is 0.831. The van der Waals surface area contributed by atoms with Gasteiger partial charge in [0.2, 0.25) is 5.91 Å². The molecule has 0 saturated carbocycles. The summed E-state index contributed by atoms with van der Waals surface area (Å²) < 4.78 is 43.1. The molecule has 0 aromatic carbocycles. The summed E-state index contributed by atoms with van der Waals surface area (Å²) in [4.78, 5) is 11.9. The number of ether oxygens (including phenoxy) is 1. The fourth-order valence-electron chi connectivity index (χ4n) is 2.73. The molecule has 1 amide bonds. The molecule has 3 atom stereocenters. The third-order valence-electron chi connectivity index (χ3n) is 4.13. The molecule has 2 heterocycles. The topological polar surface area (TPSA) is 50.4 Å². The molecule has 2 saturated heterocycles. The van der Waals surface area contributed by atoms with E-state index in [0.717, 1.165) is 12.8 Å². The molecule has 2 aliphatic heterocycles. The number of halogens is 3. The molecule has 0 radical (unpaired) electrons. The SMILES string of the molecule is CC1(CNC(=O)C2CCC(C(F)(F)F)CN2)CCCO1. The number of alkyl halides is 3. The highest BCUT2D eigenvalue weighted by molar-refractivity contribution is 5.81. The third-order valence-corrected chi connectivity index (χ3v) is 4.13. The molecular weight excluding hydrogens is 273 g/mol. The van der Waals surface area contributed by atoms with Crippen LogP contribution in [0.2, 0.25) is 0 Å². The minimum atomic E-state index is -4.18. The molecule has 4 nitrogen and oxygen atoms in total. The lowest BCUT2D eigenvalue weighted by Gasteiger charge is -2.31. The first kappa shape index (κ1) is 15.6. The van der Waals surface area contributed by atoms with Crippen LogP contribution >= 0.6 is 0 Å². The Morgan fingerprint density at radius 1 is 1.45 bits per heavy atom. The van der Waals surface area contributed by atoms with Crippen molar-refractivity contribution in [3.63, 3.8) is 0 Å². The summed E-state index contributed by atoms with van der Waals surface area (Å²) in [5.74, 6) is -1.58. The normalized spacial score (nSPS) is 35.0. The molecule has 2 rings (SSSR count). The van der Waals surface area contributed by atoms with Crippen molar-refractivity contribution in [3.05, 3.63) is 0 Å². The first-order valence-corrected chi connectivity index (χ1v) is 7.02. The van der Waals surface area contributed by atoms with Gasteiger partial charge in [-0.05, 0) is 32.6 Å². The molecule has 0 aromatic rings. The first-order valence-electron chi connectivity index (χ1n) is 7.02. The van der Waals surface area contributed by atoms with Crippen LogP contribution in [-0.4, -0.2) is 43.4 Å². The molecule has 20 heavy (non-hydrogen) atoms. The van der Waals surface area contributed by atoms with Crippen LogP contribution in [0.3, 0.4) is 0 Å². The highest BCUT2D eigenvalue weighted by atomic mass is 19.4. The van der Waals surface area contributed by atoms with Crippen LogP contribution in [-0.2, 0) is 9.53 Å². The minimum absolute atomic E-state index is 0.00234. The molecular formula is C13H21F3N2O2. The molecule has 0 aromatic heterocycles. The van der Waals surface area contributed by atoms with Crippen molar-refractivity contribution in [2.75, 3.05) is 19.7 Å². The largest absolute Gasteiger partial charge is 0.393 e. The summed E-state index contributed by atoms with van der Waals surface area (Å²) >= 11 is 0. The van der Waals surface area contributed by atoms with E-state index in [2.05, 4.69) is 10.6 Å². The van der Waals surface area contributed by atoms with Gasteiger partial charge < -0.3 is 15.4 Å². The van der Waals surface area contributed by atoms with E-state index in [1.165, 1.54) is 0 Å². The van der Waals surface area contributed by atoms with E-state index < -0.39 is 18.1 Å². The molecule has 7 heteroatoms. The van der Waals surface area contributed by atoms with Gasteiger partial charge in [-0.15, -0.1) is 0 Å². The fourth-order valence-corrected chi connectivity index (χ4v) is 2.73. The van der Waals surface area contributed by atoms with Crippen molar-refractivity contribution in [2.45, 2.75) is 50.4 Å². The Morgan fingerprint density at radius 2 is 2.20 bits per heavy atom. The van der Waals surface area contributed by atoms with Crippen LogP contribution in [0.1, 0.15) is 32.6 Å². The lowest BCUT2D eigenvalue weighted by Crippen LogP contribution is -2.53. The summed E-state index contributed by atoms with van der Waals surface area (Å²) in [5, 5.41) is 5.47. The van der Waals surface area contributed by atoms with Crippen molar-refractivity contribution >= 4 is 5.91 Å². The second-order valence-electron chi connectivity index (χ2n) is 5.90. The van der Waals surface area contributed by atoms with E-state index in [1.54, 1.807) is 0 Å². The lowest BCUT2D eigenvalue weighted by atomic mass is 9.93. The Labute approximate surface area is 116 Å². The van der Waals surface area contributed by atoms with Crippen LogP contribution in [0.15, 0.2) is 0 Å². The highest BCUT2D eigenvalue weighted by Gasteiger charge is 2.42. The van der Waals surface area contributed by atoms with Crippen LogP contribution in [0.5, 0.6) is 0 Å². The summed E-state index contributed by atoms with van der Waals surface area (Å²) in [7, 11) is 0. The van der Waals surface area contributed by atoms with Crippen molar-refractivity contribution < 1.29 is 22.7 Å². The van der Waals surface area contributed by atoms with E-state index in [1.807, 2.05) is 6.92 Å². The Hall–Kier alpha value is -0.820. The molecule has 0 aliphatic carbocycles. The zero-order valence-corrected chi connectivity index (χ0v) is 11.6. The number of amides is 1. The molecule has 0 spiro atoms. The van der Waals surface area contributed by atoms with Gasteiger partial charge in [0.25, 0.3) is 0 Å². The van der Waals surface area contributed by atoms with Gasteiger partial charge in [-0.25, -0.2) is 0 Å². The van der Waals surface area contributed by atoms with E-state index in [-0.39, 0.29) is 30.9 Å². The van der Waals surface area contributed by atoms with Crippen LogP contribution in [0.25, 0.3) is 0 Å². The number of piperidine rings is 1. The number of carbonyl (C=O) groups is 1. The average molecular weight is 294 g/mol. The maximum Gasteiger partial charge on any atom is 0.393 e. The van der Waals surface area contributed by atoms with Gasteiger partial charge >= 0.3 is 6.18 Å². The molecule has 116 valence electrons. The first-order chi connectivity index (χ1) is 9.30. The predicted octanol–water partition coefficient (Wildman–Crippen LogP) is 1.60. The predicted molar refractivity (Wildman–Crippen MR) is 67.2 cm³/mol. The van der Waals surface area contributed by atoms with Gasteiger partial charge in [-0.3, -0.25) is 4.79 Å². The van der Waals surface area contributed by atoms with Gasteiger partial charge in [-0.2, -0.15) is 13.2 Å². The van der Waals surface area contributed by atoms with Crippen LogP contribution in [0.4, 0.5) is 13.2 Å².